The second-order valence-electron chi connectivity index (χ2n) is 7.28. The number of carbonyl (C=O) groups is 1. The maximum atomic E-state index is 12.7. The lowest BCUT2D eigenvalue weighted by atomic mass is 10.2. The van der Waals surface area contributed by atoms with Gasteiger partial charge in [-0.05, 0) is 68.3 Å². The van der Waals surface area contributed by atoms with E-state index in [1.54, 1.807) is 49.8 Å². The van der Waals surface area contributed by atoms with E-state index in [2.05, 4.69) is 15.0 Å². The third kappa shape index (κ3) is 7.25. The third-order valence-electron chi connectivity index (χ3n) is 4.71. The Balaban J connectivity index is 1.50. The zero-order chi connectivity index (χ0) is 23.7. The highest BCUT2D eigenvalue weighted by atomic mass is 32.2. The molecule has 2 aromatic carbocycles. The number of benzene rings is 2. The van der Waals surface area contributed by atoms with Crippen LogP contribution in [0.3, 0.4) is 0 Å². The summed E-state index contributed by atoms with van der Waals surface area (Å²) in [5, 5.41) is 2.80. The molecule has 0 saturated carbocycles. The minimum Gasteiger partial charge on any atom is -0.494 e. The standard InChI is InChI=1S/C23H28N4O5S/c1-3-31-20-7-5-19(6-8-20)26-33(29,30)21-9-10-22(18(2)15-21)32-16-23(28)25-11-4-13-27-14-12-24-17-27/h5-10,12,14-15,17,26H,3-4,11,13,16H2,1-2H3,(H,25,28). The topological polar surface area (TPSA) is 112 Å². The van der Waals surface area contributed by atoms with Crippen molar-refractivity contribution in [3.63, 3.8) is 0 Å². The van der Waals surface area contributed by atoms with E-state index < -0.39 is 10.0 Å². The molecular weight excluding hydrogens is 444 g/mol. The number of carbonyl (C=O) groups excluding carboxylic acids is 1. The van der Waals surface area contributed by atoms with Crippen molar-refractivity contribution in [3.8, 4) is 11.5 Å². The second-order valence-corrected chi connectivity index (χ2v) is 8.97. The Bertz CT molecular complexity index is 1150. The highest BCUT2D eigenvalue weighted by molar-refractivity contribution is 7.92. The Morgan fingerprint density at radius 2 is 1.91 bits per heavy atom. The van der Waals surface area contributed by atoms with Crippen LogP contribution in [-0.2, 0) is 21.4 Å². The van der Waals surface area contributed by atoms with Crippen molar-refractivity contribution in [2.75, 3.05) is 24.5 Å². The van der Waals surface area contributed by atoms with E-state index in [9.17, 15) is 13.2 Å². The number of nitrogens with zero attached hydrogens (tertiary/aromatic N) is 2. The van der Waals surface area contributed by atoms with Crippen molar-refractivity contribution >= 4 is 21.6 Å². The quantitative estimate of drug-likeness (QED) is 0.392. The molecule has 0 aliphatic rings. The smallest absolute Gasteiger partial charge is 0.261 e. The van der Waals surface area contributed by atoms with E-state index in [1.807, 2.05) is 17.7 Å². The van der Waals surface area contributed by atoms with Gasteiger partial charge in [0.1, 0.15) is 11.5 Å². The van der Waals surface area contributed by atoms with Crippen molar-refractivity contribution in [2.45, 2.75) is 31.7 Å². The molecule has 0 atom stereocenters. The number of sulfonamides is 1. The zero-order valence-corrected chi connectivity index (χ0v) is 19.5. The number of nitrogens with one attached hydrogen (secondary N) is 2. The maximum absolute atomic E-state index is 12.7. The molecule has 9 nitrogen and oxygen atoms in total. The molecule has 176 valence electrons. The van der Waals surface area contributed by atoms with Gasteiger partial charge in [-0.1, -0.05) is 0 Å². The fourth-order valence-corrected chi connectivity index (χ4v) is 4.20. The van der Waals surface area contributed by atoms with Crippen molar-refractivity contribution in [1.29, 1.82) is 0 Å². The van der Waals surface area contributed by atoms with E-state index in [1.165, 1.54) is 12.1 Å². The Labute approximate surface area is 193 Å². The molecule has 1 amide bonds. The summed E-state index contributed by atoms with van der Waals surface area (Å²) in [5.41, 5.74) is 1.04. The SMILES string of the molecule is CCOc1ccc(NS(=O)(=O)c2ccc(OCC(=O)NCCCn3ccnc3)c(C)c2)cc1. The van der Waals surface area contributed by atoms with Crippen LogP contribution in [0.25, 0.3) is 0 Å². The minimum atomic E-state index is -3.77. The first-order chi connectivity index (χ1) is 15.9. The first-order valence-electron chi connectivity index (χ1n) is 10.6. The lowest BCUT2D eigenvalue weighted by molar-refractivity contribution is -0.123. The molecule has 2 N–H and O–H groups in total. The highest BCUT2D eigenvalue weighted by Gasteiger charge is 2.16. The molecule has 0 fully saturated rings. The predicted molar refractivity (Wildman–Crippen MR) is 125 cm³/mol. The summed E-state index contributed by atoms with van der Waals surface area (Å²) >= 11 is 0. The number of anilines is 1. The second kappa shape index (κ2) is 11.4. The summed E-state index contributed by atoms with van der Waals surface area (Å²) in [7, 11) is -3.77. The fourth-order valence-electron chi connectivity index (χ4n) is 3.05. The largest absolute Gasteiger partial charge is 0.494 e. The summed E-state index contributed by atoms with van der Waals surface area (Å²) in [6.45, 7) is 5.28. The molecule has 0 bridgehead atoms. The Morgan fingerprint density at radius 3 is 2.58 bits per heavy atom. The summed E-state index contributed by atoms with van der Waals surface area (Å²) in [6.07, 6.45) is 6.08. The van der Waals surface area contributed by atoms with Crippen LogP contribution in [0.2, 0.25) is 0 Å². The molecule has 0 aliphatic heterocycles. The van der Waals surface area contributed by atoms with Gasteiger partial charge in [0.2, 0.25) is 0 Å². The van der Waals surface area contributed by atoms with E-state index in [0.29, 0.717) is 35.9 Å². The van der Waals surface area contributed by atoms with Gasteiger partial charge in [0.15, 0.2) is 6.61 Å². The number of ether oxygens (including phenoxy) is 2. The summed E-state index contributed by atoms with van der Waals surface area (Å²) in [5.74, 6) is 0.873. The molecular formula is C23H28N4O5S. The van der Waals surface area contributed by atoms with Gasteiger partial charge >= 0.3 is 0 Å². The van der Waals surface area contributed by atoms with Crippen molar-refractivity contribution < 1.29 is 22.7 Å². The van der Waals surface area contributed by atoms with Crippen LogP contribution in [0.15, 0.2) is 66.1 Å². The number of hydrogen-bond acceptors (Lipinski definition) is 6. The monoisotopic (exact) mass is 472 g/mol. The van der Waals surface area contributed by atoms with E-state index in [4.69, 9.17) is 9.47 Å². The zero-order valence-electron chi connectivity index (χ0n) is 18.7. The van der Waals surface area contributed by atoms with Gasteiger partial charge < -0.3 is 19.4 Å². The molecule has 1 aromatic heterocycles. The number of rotatable bonds is 12. The fraction of sp³-hybridized carbons (Fsp3) is 0.304. The van der Waals surface area contributed by atoms with Crippen molar-refractivity contribution in [2.24, 2.45) is 0 Å². The van der Waals surface area contributed by atoms with Gasteiger partial charge in [-0.25, -0.2) is 13.4 Å². The average Bonchev–Trinajstić information content (AvgIpc) is 3.31. The van der Waals surface area contributed by atoms with Crippen LogP contribution in [0.5, 0.6) is 11.5 Å². The van der Waals surface area contributed by atoms with Gasteiger partial charge in [0.25, 0.3) is 15.9 Å². The lowest BCUT2D eigenvalue weighted by Crippen LogP contribution is -2.30. The van der Waals surface area contributed by atoms with Crippen LogP contribution in [0.4, 0.5) is 5.69 Å². The molecule has 0 saturated heterocycles. The number of imidazole rings is 1. The van der Waals surface area contributed by atoms with Crippen LogP contribution in [0, 0.1) is 6.92 Å². The molecule has 3 aromatic rings. The molecule has 1 heterocycles. The van der Waals surface area contributed by atoms with Gasteiger partial charge in [-0.15, -0.1) is 0 Å². The molecule has 33 heavy (non-hydrogen) atoms. The van der Waals surface area contributed by atoms with Crippen LogP contribution in [-0.4, -0.2) is 43.6 Å². The van der Waals surface area contributed by atoms with Crippen molar-refractivity contribution in [3.05, 3.63) is 66.7 Å². The summed E-state index contributed by atoms with van der Waals surface area (Å²) < 4.78 is 40.9. The first-order valence-corrected chi connectivity index (χ1v) is 12.1. The third-order valence-corrected chi connectivity index (χ3v) is 6.09. The van der Waals surface area contributed by atoms with Gasteiger partial charge in [-0.2, -0.15) is 0 Å². The Hall–Kier alpha value is -3.53. The molecule has 0 spiro atoms. The lowest BCUT2D eigenvalue weighted by Gasteiger charge is -2.13. The summed E-state index contributed by atoms with van der Waals surface area (Å²) in [4.78, 5) is 16.1. The van der Waals surface area contributed by atoms with E-state index in [0.717, 1.165) is 13.0 Å². The number of amides is 1. The first kappa shape index (κ1) is 24.1. The molecule has 3 rings (SSSR count). The molecule has 0 radical (unpaired) electrons. The molecule has 10 heteroatoms. The van der Waals surface area contributed by atoms with Gasteiger partial charge in [0, 0.05) is 31.2 Å². The van der Waals surface area contributed by atoms with Crippen LogP contribution in [0.1, 0.15) is 18.9 Å². The van der Waals surface area contributed by atoms with Crippen molar-refractivity contribution in [1.82, 2.24) is 14.9 Å². The Morgan fingerprint density at radius 1 is 1.12 bits per heavy atom. The molecule has 0 unspecified atom stereocenters. The van der Waals surface area contributed by atoms with Gasteiger partial charge in [0.05, 0.1) is 17.8 Å². The predicted octanol–water partition coefficient (Wildman–Crippen LogP) is 2.98. The highest BCUT2D eigenvalue weighted by Crippen LogP contribution is 2.24. The number of aryl methyl sites for hydroxylation is 2. The molecule has 0 aliphatic carbocycles. The van der Waals surface area contributed by atoms with Crippen LogP contribution < -0.4 is 19.5 Å². The number of hydrogen-bond donors (Lipinski definition) is 2. The van der Waals surface area contributed by atoms with Crippen LogP contribution >= 0.6 is 0 Å². The Kier molecular flexibility index (Phi) is 8.31. The maximum Gasteiger partial charge on any atom is 0.261 e. The van der Waals surface area contributed by atoms with Gasteiger partial charge in [-0.3, -0.25) is 9.52 Å². The van der Waals surface area contributed by atoms with E-state index >= 15 is 0 Å². The minimum absolute atomic E-state index is 0.102. The summed E-state index contributed by atoms with van der Waals surface area (Å²) in [6, 6.07) is 11.2. The normalized spacial score (nSPS) is 11.1. The number of aromatic nitrogens is 2. The van der Waals surface area contributed by atoms with E-state index in [-0.39, 0.29) is 17.4 Å². The average molecular weight is 473 g/mol.